The second-order valence-corrected chi connectivity index (χ2v) is 11.8. The first kappa shape index (κ1) is 31.6. The van der Waals surface area contributed by atoms with Gasteiger partial charge in [-0.15, -0.1) is 0 Å². The number of carbonyl (C=O) groups excluding carboxylic acids is 2. The number of hydrazine groups is 1. The summed E-state index contributed by atoms with van der Waals surface area (Å²) in [5.41, 5.74) is 6.14. The van der Waals surface area contributed by atoms with E-state index >= 15 is 0 Å². The highest BCUT2D eigenvalue weighted by atomic mass is 32.2. The number of nitrogens with zero attached hydrogens (tertiary/aromatic N) is 1. The Kier molecular flexibility index (Phi) is 11.2. The highest BCUT2D eigenvalue weighted by molar-refractivity contribution is 7.86. The quantitative estimate of drug-likeness (QED) is 0.0795. The molecule has 0 heterocycles. The summed E-state index contributed by atoms with van der Waals surface area (Å²) in [5, 5.41) is 1.16. The van der Waals surface area contributed by atoms with Crippen LogP contribution in [0.1, 0.15) is 35.1 Å². The van der Waals surface area contributed by atoms with Gasteiger partial charge >= 0.3 is 6.09 Å². The van der Waals surface area contributed by atoms with E-state index in [1.54, 1.807) is 12.1 Å². The van der Waals surface area contributed by atoms with Crippen LogP contribution in [-0.4, -0.2) is 45.5 Å². The van der Waals surface area contributed by atoms with Crippen LogP contribution in [0.5, 0.6) is 0 Å². The van der Waals surface area contributed by atoms with E-state index in [0.29, 0.717) is 19.1 Å². The normalized spacial score (nSPS) is 11.6. The first-order chi connectivity index (χ1) is 20.8. The van der Waals surface area contributed by atoms with Crippen molar-refractivity contribution in [3.05, 3.63) is 138 Å². The zero-order valence-corrected chi connectivity index (χ0v) is 24.9. The van der Waals surface area contributed by atoms with Gasteiger partial charge in [-0.3, -0.25) is 4.18 Å². The summed E-state index contributed by atoms with van der Waals surface area (Å²) in [7, 11) is -3.92. The molecule has 0 bridgehead atoms. The Morgan fingerprint density at radius 2 is 1.40 bits per heavy atom. The maximum Gasteiger partial charge on any atom is 0.424 e. The van der Waals surface area contributed by atoms with Gasteiger partial charge in [0.2, 0.25) is 0 Å². The van der Waals surface area contributed by atoms with Crippen LogP contribution in [0.4, 0.5) is 4.79 Å². The van der Waals surface area contributed by atoms with Gasteiger partial charge in [-0.25, -0.2) is 15.2 Å². The fourth-order valence-corrected chi connectivity index (χ4v) is 5.83. The van der Waals surface area contributed by atoms with Gasteiger partial charge in [0.05, 0.1) is 18.0 Å². The minimum Gasteiger partial charge on any atom is -0.444 e. The topological polar surface area (TPSA) is 102 Å². The Balaban J connectivity index is 1.55. The van der Waals surface area contributed by atoms with E-state index in [9.17, 15) is 18.0 Å². The van der Waals surface area contributed by atoms with Crippen molar-refractivity contribution in [3.63, 3.8) is 0 Å². The SMILES string of the molecule is Cc1ccc(S(=O)(=O)OCCCC(CNN(CC=O)C(=O)OCc2ccccc2)(c2ccccc2)c2ccccc2)cc1. The first-order valence-corrected chi connectivity index (χ1v) is 15.5. The fraction of sp³-hybridized carbons (Fsp3) is 0.235. The first-order valence-electron chi connectivity index (χ1n) is 14.1. The molecule has 0 aromatic heterocycles. The van der Waals surface area contributed by atoms with E-state index in [-0.39, 0.29) is 31.2 Å². The van der Waals surface area contributed by atoms with Crippen molar-refractivity contribution in [1.29, 1.82) is 0 Å². The maximum atomic E-state index is 13.0. The largest absolute Gasteiger partial charge is 0.444 e. The lowest BCUT2D eigenvalue weighted by molar-refractivity contribution is -0.109. The third-order valence-corrected chi connectivity index (χ3v) is 8.53. The standard InChI is InChI=1S/C34H36N2O6S/c1-28-18-20-32(21-19-28)43(39,40)42-25-11-22-34(30-14-7-3-8-15-30,31-16-9-4-10-17-31)27-35-36(23-24-37)33(38)41-26-29-12-5-2-6-13-29/h2-10,12-21,24,35H,11,22-23,25-27H2,1H3. The van der Waals surface area contributed by atoms with E-state index in [1.807, 2.05) is 97.9 Å². The van der Waals surface area contributed by atoms with E-state index in [2.05, 4.69) is 5.43 Å². The number of ether oxygens (including phenoxy) is 1. The van der Waals surface area contributed by atoms with Crippen molar-refractivity contribution >= 4 is 22.5 Å². The highest BCUT2D eigenvalue weighted by Gasteiger charge is 2.35. The molecule has 9 heteroatoms. The lowest BCUT2D eigenvalue weighted by atomic mass is 9.71. The van der Waals surface area contributed by atoms with Crippen LogP contribution in [0.15, 0.2) is 120 Å². The lowest BCUT2D eigenvalue weighted by Crippen LogP contribution is -2.50. The molecule has 0 saturated carbocycles. The molecule has 0 aliphatic rings. The van der Waals surface area contributed by atoms with Crippen molar-refractivity contribution < 1.29 is 26.9 Å². The number of nitrogens with one attached hydrogen (secondary N) is 1. The molecule has 0 unspecified atom stereocenters. The van der Waals surface area contributed by atoms with Crippen molar-refractivity contribution in [1.82, 2.24) is 10.4 Å². The third kappa shape index (κ3) is 8.61. The summed E-state index contributed by atoms with van der Waals surface area (Å²) >= 11 is 0. The molecular weight excluding hydrogens is 564 g/mol. The van der Waals surface area contributed by atoms with Crippen LogP contribution in [0, 0.1) is 6.92 Å². The Bertz CT molecular complexity index is 1510. The zero-order valence-electron chi connectivity index (χ0n) is 24.1. The number of amides is 1. The van der Waals surface area contributed by atoms with Crippen LogP contribution in [-0.2, 0) is 35.9 Å². The molecule has 0 aliphatic heterocycles. The average molecular weight is 601 g/mol. The molecule has 0 fully saturated rings. The average Bonchev–Trinajstić information content (AvgIpc) is 3.04. The monoisotopic (exact) mass is 600 g/mol. The number of aldehydes is 1. The smallest absolute Gasteiger partial charge is 0.424 e. The highest BCUT2D eigenvalue weighted by Crippen LogP contribution is 2.37. The van der Waals surface area contributed by atoms with E-state index in [0.717, 1.165) is 27.3 Å². The van der Waals surface area contributed by atoms with Gasteiger partial charge in [0.1, 0.15) is 12.9 Å². The zero-order chi connectivity index (χ0) is 30.5. The molecule has 43 heavy (non-hydrogen) atoms. The maximum absolute atomic E-state index is 13.0. The van der Waals surface area contributed by atoms with E-state index < -0.39 is 21.6 Å². The second kappa shape index (κ2) is 15.2. The van der Waals surface area contributed by atoms with Gasteiger partial charge in [0.15, 0.2) is 0 Å². The molecule has 0 aliphatic carbocycles. The van der Waals surface area contributed by atoms with Crippen molar-refractivity contribution in [3.8, 4) is 0 Å². The van der Waals surface area contributed by atoms with Gasteiger partial charge in [0, 0.05) is 12.0 Å². The Labute approximate surface area is 253 Å². The molecule has 0 spiro atoms. The Morgan fingerprint density at radius 3 is 1.95 bits per heavy atom. The number of aryl methyl sites for hydroxylation is 1. The van der Waals surface area contributed by atoms with Crippen LogP contribution in [0.2, 0.25) is 0 Å². The minimum absolute atomic E-state index is 0.0329. The molecule has 4 aromatic carbocycles. The molecule has 0 radical (unpaired) electrons. The van der Waals surface area contributed by atoms with Gasteiger partial charge in [-0.1, -0.05) is 109 Å². The van der Waals surface area contributed by atoms with Crippen LogP contribution in [0.25, 0.3) is 0 Å². The van der Waals surface area contributed by atoms with Gasteiger partial charge in [-0.2, -0.15) is 8.42 Å². The number of carbonyl (C=O) groups is 2. The number of rotatable bonds is 15. The number of hydrogen-bond acceptors (Lipinski definition) is 7. The van der Waals surface area contributed by atoms with E-state index in [1.165, 1.54) is 12.1 Å². The molecule has 8 nitrogen and oxygen atoms in total. The summed E-state index contributed by atoms with van der Waals surface area (Å²) in [5.74, 6) is 0. The van der Waals surface area contributed by atoms with Crippen LogP contribution in [0.3, 0.4) is 0 Å². The lowest BCUT2D eigenvalue weighted by Gasteiger charge is -2.37. The predicted octanol–water partition coefficient (Wildman–Crippen LogP) is 5.81. The number of hydrogen-bond donors (Lipinski definition) is 1. The summed E-state index contributed by atoms with van der Waals surface area (Å²) in [6, 6.07) is 35.4. The molecule has 0 saturated heterocycles. The predicted molar refractivity (Wildman–Crippen MR) is 165 cm³/mol. The molecular formula is C34H36N2O6S. The van der Waals surface area contributed by atoms with Gasteiger partial charge in [0.25, 0.3) is 10.1 Å². The summed E-state index contributed by atoms with van der Waals surface area (Å²) in [6.07, 6.45) is 0.819. The second-order valence-electron chi connectivity index (χ2n) is 10.2. The summed E-state index contributed by atoms with van der Waals surface area (Å²) in [6.45, 7) is 1.92. The molecule has 0 atom stereocenters. The fourth-order valence-electron chi connectivity index (χ4n) is 4.88. The van der Waals surface area contributed by atoms with E-state index in [4.69, 9.17) is 8.92 Å². The molecule has 1 N–H and O–H groups in total. The van der Waals surface area contributed by atoms with Crippen LogP contribution < -0.4 is 5.43 Å². The van der Waals surface area contributed by atoms with Crippen molar-refractivity contribution in [2.75, 3.05) is 19.7 Å². The molecule has 4 aromatic rings. The van der Waals surface area contributed by atoms with Crippen LogP contribution >= 0.6 is 0 Å². The third-order valence-electron chi connectivity index (χ3n) is 7.20. The number of benzene rings is 4. The summed E-state index contributed by atoms with van der Waals surface area (Å²) < 4.78 is 36.5. The molecule has 224 valence electrons. The molecule has 4 rings (SSSR count). The van der Waals surface area contributed by atoms with Crippen molar-refractivity contribution in [2.24, 2.45) is 0 Å². The summed E-state index contributed by atoms with van der Waals surface area (Å²) in [4.78, 5) is 24.7. The Morgan fingerprint density at radius 1 is 0.837 bits per heavy atom. The van der Waals surface area contributed by atoms with Gasteiger partial charge in [-0.05, 0) is 48.6 Å². The minimum atomic E-state index is -3.92. The molecule has 1 amide bonds. The van der Waals surface area contributed by atoms with Crippen molar-refractivity contribution in [2.45, 2.75) is 36.7 Å². The Hall–Kier alpha value is -4.31. The van der Waals surface area contributed by atoms with Gasteiger partial charge < -0.3 is 9.53 Å².